The Balaban J connectivity index is 1.43. The van der Waals surface area contributed by atoms with Gasteiger partial charge in [-0.1, -0.05) is 66.7 Å². The van der Waals surface area contributed by atoms with E-state index < -0.39 is 5.25 Å². The minimum Gasteiger partial charge on any atom is -0.326 e. The molecule has 1 unspecified atom stereocenters. The highest BCUT2D eigenvalue weighted by atomic mass is 32.2. The van der Waals surface area contributed by atoms with Crippen molar-refractivity contribution in [2.24, 2.45) is 0 Å². The zero-order valence-corrected chi connectivity index (χ0v) is 18.7. The van der Waals surface area contributed by atoms with Gasteiger partial charge in [0.1, 0.15) is 11.1 Å². The van der Waals surface area contributed by atoms with Crippen molar-refractivity contribution in [2.75, 3.05) is 10.6 Å². The van der Waals surface area contributed by atoms with Crippen molar-refractivity contribution in [2.45, 2.75) is 16.6 Å². The molecule has 164 valence electrons. The molecule has 1 heterocycles. The first-order valence-electron chi connectivity index (χ1n) is 10.5. The molecule has 0 aliphatic heterocycles. The molecule has 0 saturated heterocycles. The largest absolute Gasteiger partial charge is 0.326 e. The number of rotatable bonds is 8. The lowest BCUT2D eigenvalue weighted by Gasteiger charge is -2.17. The van der Waals surface area contributed by atoms with E-state index in [1.54, 1.807) is 18.3 Å². The summed E-state index contributed by atoms with van der Waals surface area (Å²) in [6.07, 6.45) is 1.96. The third kappa shape index (κ3) is 6.54. The molecular weight excluding hydrogens is 430 g/mol. The molecule has 6 heteroatoms. The summed E-state index contributed by atoms with van der Waals surface area (Å²) >= 11 is 1.45. The van der Waals surface area contributed by atoms with Gasteiger partial charge in [0.15, 0.2) is 0 Å². The normalized spacial score (nSPS) is 11.4. The predicted octanol–water partition coefficient (Wildman–Crippen LogP) is 5.73. The topological polar surface area (TPSA) is 71.1 Å². The number of amides is 2. The first-order chi connectivity index (χ1) is 16.2. The summed E-state index contributed by atoms with van der Waals surface area (Å²) in [5.41, 5.74) is 2.58. The molecule has 33 heavy (non-hydrogen) atoms. The summed E-state index contributed by atoms with van der Waals surface area (Å²) in [5, 5.41) is 5.36. The molecule has 2 amide bonds. The van der Waals surface area contributed by atoms with Crippen molar-refractivity contribution in [3.05, 3.63) is 120 Å². The number of carbonyl (C=O) groups is 2. The Kier molecular flexibility index (Phi) is 7.51. The number of carbonyl (C=O) groups excluding carboxylic acids is 2. The molecule has 0 spiro atoms. The highest BCUT2D eigenvalue weighted by Gasteiger charge is 2.22. The molecule has 0 bridgehead atoms. The minimum atomic E-state index is -0.452. The highest BCUT2D eigenvalue weighted by molar-refractivity contribution is 8.00. The monoisotopic (exact) mass is 453 g/mol. The van der Waals surface area contributed by atoms with Crippen LogP contribution in [-0.4, -0.2) is 16.8 Å². The number of aromatic nitrogens is 1. The van der Waals surface area contributed by atoms with Crippen LogP contribution in [0.1, 0.15) is 16.4 Å². The number of anilines is 2. The van der Waals surface area contributed by atoms with Crippen LogP contribution in [0.3, 0.4) is 0 Å². The summed E-state index contributed by atoms with van der Waals surface area (Å²) in [5.74, 6) is 0.296. The fourth-order valence-electron chi connectivity index (χ4n) is 3.27. The number of thioether (sulfide) groups is 1. The Morgan fingerprint density at radius 2 is 1.42 bits per heavy atom. The standard InChI is InChI=1S/C27H23N3O2S/c31-25(19-20-9-3-1-4-10-20)29-22-14-16-23(17-15-22)33-26(21-11-5-2-6-12-21)27(32)30-24-13-7-8-18-28-24/h1-18,26H,19H2,(H,29,31)(H,28,30,32). The van der Waals surface area contributed by atoms with Gasteiger partial charge in [0, 0.05) is 16.8 Å². The first-order valence-corrected chi connectivity index (χ1v) is 11.4. The van der Waals surface area contributed by atoms with Crippen molar-refractivity contribution < 1.29 is 9.59 Å². The molecular formula is C27H23N3O2S. The van der Waals surface area contributed by atoms with Gasteiger partial charge in [0.05, 0.1) is 6.42 Å². The zero-order chi connectivity index (χ0) is 22.9. The number of hydrogen-bond donors (Lipinski definition) is 2. The molecule has 0 radical (unpaired) electrons. The van der Waals surface area contributed by atoms with Crippen LogP contribution in [0.15, 0.2) is 114 Å². The van der Waals surface area contributed by atoms with Crippen LogP contribution in [0, 0.1) is 0 Å². The van der Waals surface area contributed by atoms with Gasteiger partial charge in [0.25, 0.3) is 0 Å². The van der Waals surface area contributed by atoms with E-state index in [1.807, 2.05) is 91.0 Å². The summed E-state index contributed by atoms with van der Waals surface area (Å²) in [7, 11) is 0. The molecule has 0 aliphatic rings. The van der Waals surface area contributed by atoms with Gasteiger partial charge in [0.2, 0.25) is 11.8 Å². The molecule has 1 atom stereocenters. The van der Waals surface area contributed by atoms with Crippen LogP contribution in [0.5, 0.6) is 0 Å². The van der Waals surface area contributed by atoms with E-state index in [9.17, 15) is 9.59 Å². The van der Waals surface area contributed by atoms with Gasteiger partial charge in [-0.3, -0.25) is 9.59 Å². The van der Waals surface area contributed by atoms with Crippen molar-refractivity contribution in [1.29, 1.82) is 0 Å². The minimum absolute atomic E-state index is 0.0708. The van der Waals surface area contributed by atoms with E-state index in [-0.39, 0.29) is 11.8 Å². The van der Waals surface area contributed by atoms with E-state index in [2.05, 4.69) is 15.6 Å². The number of nitrogens with one attached hydrogen (secondary N) is 2. The molecule has 0 aliphatic carbocycles. The Morgan fingerprint density at radius 1 is 0.758 bits per heavy atom. The molecule has 5 nitrogen and oxygen atoms in total. The van der Waals surface area contributed by atoms with Gasteiger partial charge in [-0.25, -0.2) is 4.98 Å². The number of nitrogens with zero attached hydrogens (tertiary/aromatic N) is 1. The molecule has 3 aromatic carbocycles. The van der Waals surface area contributed by atoms with Crippen molar-refractivity contribution in [1.82, 2.24) is 4.98 Å². The van der Waals surface area contributed by atoms with Crippen LogP contribution < -0.4 is 10.6 Å². The van der Waals surface area contributed by atoms with Crippen molar-refractivity contribution in [3.8, 4) is 0 Å². The van der Waals surface area contributed by atoms with Crippen molar-refractivity contribution in [3.63, 3.8) is 0 Å². The second-order valence-electron chi connectivity index (χ2n) is 7.35. The van der Waals surface area contributed by atoms with Crippen LogP contribution in [0.4, 0.5) is 11.5 Å². The second-order valence-corrected chi connectivity index (χ2v) is 8.53. The lowest BCUT2D eigenvalue weighted by atomic mass is 10.1. The van der Waals surface area contributed by atoms with Gasteiger partial charge >= 0.3 is 0 Å². The van der Waals surface area contributed by atoms with Gasteiger partial charge in [-0.15, -0.1) is 11.8 Å². The molecule has 0 fully saturated rings. The lowest BCUT2D eigenvalue weighted by molar-refractivity contribution is -0.116. The van der Waals surface area contributed by atoms with Gasteiger partial charge < -0.3 is 10.6 Å². The lowest BCUT2D eigenvalue weighted by Crippen LogP contribution is -2.19. The third-order valence-electron chi connectivity index (χ3n) is 4.86. The van der Waals surface area contributed by atoms with E-state index in [1.165, 1.54) is 11.8 Å². The first kappa shape index (κ1) is 22.3. The molecule has 0 saturated carbocycles. The smallest absolute Gasteiger partial charge is 0.243 e. The maximum atomic E-state index is 13.1. The quantitative estimate of drug-likeness (QED) is 0.334. The van der Waals surface area contributed by atoms with Crippen molar-refractivity contribution >= 4 is 35.1 Å². The Morgan fingerprint density at radius 3 is 2.09 bits per heavy atom. The van der Waals surface area contributed by atoms with E-state index in [4.69, 9.17) is 0 Å². The van der Waals surface area contributed by atoms with E-state index in [0.717, 1.165) is 21.7 Å². The maximum absolute atomic E-state index is 13.1. The summed E-state index contributed by atoms with van der Waals surface area (Å²) in [6, 6.07) is 32.2. The number of hydrogen-bond acceptors (Lipinski definition) is 4. The fourth-order valence-corrected chi connectivity index (χ4v) is 4.29. The van der Waals surface area contributed by atoms with Crippen LogP contribution in [0.2, 0.25) is 0 Å². The Labute approximate surface area is 197 Å². The van der Waals surface area contributed by atoms with E-state index >= 15 is 0 Å². The second kappa shape index (κ2) is 11.1. The average Bonchev–Trinajstić information content (AvgIpc) is 2.85. The Hall–Kier alpha value is -3.90. The average molecular weight is 454 g/mol. The van der Waals surface area contributed by atoms with Crippen LogP contribution >= 0.6 is 11.8 Å². The summed E-state index contributed by atoms with van der Waals surface area (Å²) < 4.78 is 0. The molecule has 2 N–H and O–H groups in total. The number of pyridine rings is 1. The molecule has 1 aromatic heterocycles. The highest BCUT2D eigenvalue weighted by Crippen LogP contribution is 2.36. The molecule has 4 rings (SSSR count). The predicted molar refractivity (Wildman–Crippen MR) is 133 cm³/mol. The van der Waals surface area contributed by atoms with Crippen LogP contribution in [0.25, 0.3) is 0 Å². The summed E-state index contributed by atoms with van der Waals surface area (Å²) in [4.78, 5) is 30.5. The maximum Gasteiger partial charge on any atom is 0.243 e. The molecule has 4 aromatic rings. The van der Waals surface area contributed by atoms with Gasteiger partial charge in [-0.05, 0) is 47.5 Å². The zero-order valence-electron chi connectivity index (χ0n) is 17.8. The number of benzene rings is 3. The van der Waals surface area contributed by atoms with Crippen LogP contribution in [-0.2, 0) is 16.0 Å². The SMILES string of the molecule is O=C(Cc1ccccc1)Nc1ccc(SC(C(=O)Nc2ccccn2)c2ccccc2)cc1. The summed E-state index contributed by atoms with van der Waals surface area (Å²) in [6.45, 7) is 0. The fraction of sp³-hybridized carbons (Fsp3) is 0.0741. The Bertz CT molecular complexity index is 1180. The van der Waals surface area contributed by atoms with Gasteiger partial charge in [-0.2, -0.15) is 0 Å². The third-order valence-corrected chi connectivity index (χ3v) is 6.12. The van der Waals surface area contributed by atoms with E-state index in [0.29, 0.717) is 12.2 Å².